The van der Waals surface area contributed by atoms with Gasteiger partial charge in [0.2, 0.25) is 0 Å². The molecule has 0 saturated heterocycles. The third-order valence-electron chi connectivity index (χ3n) is 2.80. The first kappa shape index (κ1) is 16.9. The van der Waals surface area contributed by atoms with E-state index in [9.17, 15) is 13.2 Å². The average molecular weight is 320 g/mol. The summed E-state index contributed by atoms with van der Waals surface area (Å²) in [5.74, 6) is -0.305. The highest BCUT2D eigenvalue weighted by Gasteiger charge is 2.16. The zero-order chi connectivity index (χ0) is 15.2. The van der Waals surface area contributed by atoms with Gasteiger partial charge >= 0.3 is 0 Å². The van der Waals surface area contributed by atoms with E-state index in [0.29, 0.717) is 31.6 Å². The minimum atomic E-state index is -3.84. The number of benzene rings is 1. The Bertz CT molecular complexity index is 572. The van der Waals surface area contributed by atoms with Gasteiger partial charge in [-0.3, -0.25) is 4.79 Å². The monoisotopic (exact) mass is 319 g/mol. The maximum Gasteiger partial charge on any atom is 0.261 e. The van der Waals surface area contributed by atoms with Crippen molar-refractivity contribution >= 4 is 25.6 Å². The van der Waals surface area contributed by atoms with E-state index in [1.807, 2.05) is 6.92 Å². The molecule has 0 spiro atoms. The molecule has 0 radical (unpaired) electrons. The summed E-state index contributed by atoms with van der Waals surface area (Å²) >= 11 is 0. The Hall–Kier alpha value is -1.11. The molecule has 0 fully saturated rings. The van der Waals surface area contributed by atoms with Crippen LogP contribution in [0.1, 0.15) is 29.3 Å². The normalized spacial score (nSPS) is 11.3. The highest BCUT2D eigenvalue weighted by atomic mass is 35.7. The molecule has 1 aromatic rings. The molecule has 0 bridgehead atoms. The molecule has 0 aliphatic rings. The van der Waals surface area contributed by atoms with E-state index in [2.05, 4.69) is 5.32 Å². The molecule has 1 N–H and O–H groups in total. The molecular weight excluding hydrogens is 302 g/mol. The van der Waals surface area contributed by atoms with Crippen LogP contribution in [0, 0.1) is 0 Å². The quantitative estimate of drug-likeness (QED) is 0.616. The van der Waals surface area contributed by atoms with Gasteiger partial charge < -0.3 is 10.1 Å². The molecule has 1 amide bonds. The summed E-state index contributed by atoms with van der Waals surface area (Å²) in [7, 11) is 3.05. The van der Waals surface area contributed by atoms with Crippen molar-refractivity contribution in [1.29, 1.82) is 0 Å². The van der Waals surface area contributed by atoms with Crippen LogP contribution in [0.5, 0.6) is 0 Å². The van der Waals surface area contributed by atoms with E-state index < -0.39 is 9.05 Å². The van der Waals surface area contributed by atoms with Crippen LogP contribution in [0.2, 0.25) is 0 Å². The molecule has 0 heterocycles. The highest BCUT2D eigenvalue weighted by Crippen LogP contribution is 2.20. The lowest BCUT2D eigenvalue weighted by Gasteiger charge is -2.10. The zero-order valence-corrected chi connectivity index (χ0v) is 13.1. The minimum absolute atomic E-state index is 0.0709. The van der Waals surface area contributed by atoms with Crippen LogP contribution in [0.4, 0.5) is 0 Å². The van der Waals surface area contributed by atoms with E-state index in [0.717, 1.165) is 5.56 Å². The minimum Gasteiger partial charge on any atom is -0.385 e. The highest BCUT2D eigenvalue weighted by molar-refractivity contribution is 8.13. The predicted octanol–water partition coefficient (Wildman–Crippen LogP) is 1.94. The number of ether oxygens (including phenoxy) is 1. The Morgan fingerprint density at radius 2 is 2.10 bits per heavy atom. The molecule has 0 saturated carbocycles. The summed E-state index contributed by atoms with van der Waals surface area (Å²) in [6.45, 7) is 2.91. The summed E-state index contributed by atoms with van der Waals surface area (Å²) < 4.78 is 27.5. The zero-order valence-electron chi connectivity index (χ0n) is 11.5. The van der Waals surface area contributed by atoms with Crippen molar-refractivity contribution < 1.29 is 17.9 Å². The first-order chi connectivity index (χ1) is 9.40. The van der Waals surface area contributed by atoms with Crippen molar-refractivity contribution in [1.82, 2.24) is 5.32 Å². The summed E-state index contributed by atoms with van der Waals surface area (Å²) in [4.78, 5) is 12.0. The van der Waals surface area contributed by atoms with Gasteiger partial charge in [0.1, 0.15) is 0 Å². The molecule has 0 aliphatic carbocycles. The van der Waals surface area contributed by atoms with Crippen molar-refractivity contribution in [2.75, 3.05) is 20.3 Å². The van der Waals surface area contributed by atoms with Gasteiger partial charge in [0, 0.05) is 36.5 Å². The number of carbonyl (C=O) groups is 1. The standard InChI is InChI=1S/C13H18ClNO4S/c1-3-10-5-6-11(20(14,17)18)9-12(10)13(16)15-7-4-8-19-2/h5-6,9H,3-4,7-8H2,1-2H3,(H,15,16). The van der Waals surface area contributed by atoms with Crippen LogP contribution in [0.25, 0.3) is 0 Å². The van der Waals surface area contributed by atoms with Crippen molar-refractivity contribution in [3.05, 3.63) is 29.3 Å². The first-order valence-corrected chi connectivity index (χ1v) is 8.55. The predicted molar refractivity (Wildman–Crippen MR) is 77.7 cm³/mol. The molecule has 20 heavy (non-hydrogen) atoms. The summed E-state index contributed by atoms with van der Waals surface area (Å²) in [6, 6.07) is 4.33. The molecule has 1 rings (SSSR count). The van der Waals surface area contributed by atoms with Crippen LogP contribution in [-0.2, 0) is 20.2 Å². The number of hydrogen-bond donors (Lipinski definition) is 1. The maximum absolute atomic E-state index is 12.1. The molecule has 112 valence electrons. The van der Waals surface area contributed by atoms with Crippen molar-refractivity contribution in [2.24, 2.45) is 0 Å². The van der Waals surface area contributed by atoms with Gasteiger partial charge in [0.25, 0.3) is 15.0 Å². The fraction of sp³-hybridized carbons (Fsp3) is 0.462. The fourth-order valence-corrected chi connectivity index (χ4v) is 2.52. The Morgan fingerprint density at radius 3 is 2.65 bits per heavy atom. The topological polar surface area (TPSA) is 72.5 Å². The molecule has 7 heteroatoms. The summed E-state index contributed by atoms with van der Waals surface area (Å²) in [5, 5.41) is 2.73. The lowest BCUT2D eigenvalue weighted by molar-refractivity contribution is 0.0947. The van der Waals surface area contributed by atoms with Gasteiger partial charge in [-0.25, -0.2) is 8.42 Å². The van der Waals surface area contributed by atoms with Crippen molar-refractivity contribution in [3.63, 3.8) is 0 Å². The van der Waals surface area contributed by atoms with Gasteiger partial charge in [0.05, 0.1) is 4.90 Å². The van der Waals surface area contributed by atoms with E-state index in [1.54, 1.807) is 13.2 Å². The molecule has 0 unspecified atom stereocenters. The van der Waals surface area contributed by atoms with E-state index in [-0.39, 0.29) is 10.8 Å². The van der Waals surface area contributed by atoms with E-state index >= 15 is 0 Å². The number of nitrogens with one attached hydrogen (secondary N) is 1. The maximum atomic E-state index is 12.1. The van der Waals surface area contributed by atoms with Crippen LogP contribution in [0.3, 0.4) is 0 Å². The van der Waals surface area contributed by atoms with Gasteiger partial charge in [-0.05, 0) is 30.5 Å². The molecule has 0 aliphatic heterocycles. The number of hydrogen-bond acceptors (Lipinski definition) is 4. The SMILES string of the molecule is CCc1ccc(S(=O)(=O)Cl)cc1C(=O)NCCCOC. The van der Waals surface area contributed by atoms with Gasteiger partial charge in [0.15, 0.2) is 0 Å². The van der Waals surface area contributed by atoms with E-state index in [4.69, 9.17) is 15.4 Å². The fourth-order valence-electron chi connectivity index (χ4n) is 1.74. The second-order valence-corrected chi connectivity index (χ2v) is 6.78. The van der Waals surface area contributed by atoms with Crippen LogP contribution in [-0.4, -0.2) is 34.6 Å². The third kappa shape index (κ3) is 4.77. The Morgan fingerprint density at radius 1 is 1.40 bits per heavy atom. The number of aryl methyl sites for hydroxylation is 1. The third-order valence-corrected chi connectivity index (χ3v) is 4.15. The van der Waals surface area contributed by atoms with Gasteiger partial charge in [-0.15, -0.1) is 0 Å². The molecule has 0 aromatic heterocycles. The largest absolute Gasteiger partial charge is 0.385 e. The average Bonchev–Trinajstić information content (AvgIpc) is 2.41. The van der Waals surface area contributed by atoms with E-state index in [1.165, 1.54) is 12.1 Å². The van der Waals surface area contributed by atoms with Crippen LogP contribution >= 0.6 is 10.7 Å². The lowest BCUT2D eigenvalue weighted by Crippen LogP contribution is -2.26. The Kier molecular flexibility index (Phi) is 6.45. The molecule has 0 atom stereocenters. The Balaban J connectivity index is 2.93. The number of rotatable bonds is 7. The second-order valence-electron chi connectivity index (χ2n) is 4.21. The number of amides is 1. The molecule has 5 nitrogen and oxygen atoms in total. The first-order valence-electron chi connectivity index (χ1n) is 6.25. The van der Waals surface area contributed by atoms with Crippen molar-refractivity contribution in [3.8, 4) is 0 Å². The van der Waals surface area contributed by atoms with Crippen LogP contribution in [0.15, 0.2) is 23.1 Å². The summed E-state index contributed by atoms with van der Waals surface area (Å²) in [5.41, 5.74) is 1.12. The lowest BCUT2D eigenvalue weighted by atomic mass is 10.0. The Labute approximate surface area is 123 Å². The molecular formula is C13H18ClNO4S. The smallest absolute Gasteiger partial charge is 0.261 e. The van der Waals surface area contributed by atoms with Gasteiger partial charge in [-0.1, -0.05) is 13.0 Å². The van der Waals surface area contributed by atoms with Gasteiger partial charge in [-0.2, -0.15) is 0 Å². The number of carbonyl (C=O) groups excluding carboxylic acids is 1. The van der Waals surface area contributed by atoms with Crippen molar-refractivity contribution in [2.45, 2.75) is 24.7 Å². The van der Waals surface area contributed by atoms with Crippen LogP contribution < -0.4 is 5.32 Å². The molecule has 1 aromatic carbocycles. The second kappa shape index (κ2) is 7.61. The summed E-state index contributed by atoms with van der Waals surface area (Å²) in [6.07, 6.45) is 1.32. The number of halogens is 1. The number of methoxy groups -OCH3 is 1.